The van der Waals surface area contributed by atoms with Gasteiger partial charge in [0.25, 0.3) is 11.8 Å². The van der Waals surface area contributed by atoms with Crippen LogP contribution in [0.15, 0.2) is 96.1 Å². The Morgan fingerprint density at radius 2 is 1.59 bits per heavy atom. The Balaban J connectivity index is 1.40. The van der Waals surface area contributed by atoms with Crippen molar-refractivity contribution in [3.05, 3.63) is 123 Å². The molecule has 0 saturated carbocycles. The molecule has 39 heavy (non-hydrogen) atoms. The minimum Gasteiger partial charge on any atom is -0.497 e. The number of carbonyl (C=O) groups excluding carboxylic acids is 3. The van der Waals surface area contributed by atoms with Gasteiger partial charge in [0, 0.05) is 27.4 Å². The number of anilines is 1. The fourth-order valence-electron chi connectivity index (χ4n) is 3.40. The Morgan fingerprint density at radius 3 is 2.33 bits per heavy atom. The summed E-state index contributed by atoms with van der Waals surface area (Å²) >= 11 is 12.0. The molecular formula is C29H21Cl2N3O5. The van der Waals surface area contributed by atoms with Gasteiger partial charge in [-0.1, -0.05) is 41.4 Å². The third-order valence-corrected chi connectivity index (χ3v) is 5.93. The largest absolute Gasteiger partial charge is 0.497 e. The van der Waals surface area contributed by atoms with Crippen LogP contribution in [0.25, 0.3) is 0 Å². The van der Waals surface area contributed by atoms with Gasteiger partial charge in [-0.2, -0.15) is 5.10 Å². The van der Waals surface area contributed by atoms with Crippen LogP contribution in [0.5, 0.6) is 11.5 Å². The highest BCUT2D eigenvalue weighted by Crippen LogP contribution is 2.24. The molecule has 0 radical (unpaired) electrons. The lowest BCUT2D eigenvalue weighted by molar-refractivity contribution is 0.0734. The molecule has 196 valence electrons. The molecule has 0 bridgehead atoms. The number of nitrogens with one attached hydrogen (secondary N) is 2. The number of carbonyl (C=O) groups is 3. The Kier molecular flexibility index (Phi) is 8.94. The fourth-order valence-corrected chi connectivity index (χ4v) is 3.88. The minimum absolute atomic E-state index is 0.153. The molecule has 2 amide bonds. The number of rotatable bonds is 8. The molecule has 0 aliphatic rings. The van der Waals surface area contributed by atoms with E-state index in [0.717, 1.165) is 0 Å². The van der Waals surface area contributed by atoms with Gasteiger partial charge in [0.1, 0.15) is 11.5 Å². The maximum Gasteiger partial charge on any atom is 0.345 e. The van der Waals surface area contributed by atoms with Crippen molar-refractivity contribution < 1.29 is 23.9 Å². The van der Waals surface area contributed by atoms with Gasteiger partial charge in [0.15, 0.2) is 0 Å². The number of methoxy groups -OCH3 is 1. The molecule has 4 aromatic rings. The van der Waals surface area contributed by atoms with Gasteiger partial charge in [0.2, 0.25) is 0 Å². The number of hydrogen-bond acceptors (Lipinski definition) is 6. The summed E-state index contributed by atoms with van der Waals surface area (Å²) in [5.41, 5.74) is 4.17. The number of nitrogens with zero attached hydrogens (tertiary/aromatic N) is 1. The van der Waals surface area contributed by atoms with E-state index in [-0.39, 0.29) is 27.8 Å². The number of esters is 1. The Hall–Kier alpha value is -4.66. The van der Waals surface area contributed by atoms with Gasteiger partial charge in [-0.05, 0) is 72.8 Å². The third kappa shape index (κ3) is 7.22. The first-order chi connectivity index (χ1) is 18.8. The van der Waals surface area contributed by atoms with Gasteiger partial charge in [-0.3, -0.25) is 9.59 Å². The molecule has 4 aromatic carbocycles. The van der Waals surface area contributed by atoms with E-state index < -0.39 is 11.9 Å². The van der Waals surface area contributed by atoms with Gasteiger partial charge >= 0.3 is 5.97 Å². The summed E-state index contributed by atoms with van der Waals surface area (Å²) < 4.78 is 10.6. The second kappa shape index (κ2) is 12.7. The van der Waals surface area contributed by atoms with E-state index in [9.17, 15) is 14.4 Å². The van der Waals surface area contributed by atoms with Gasteiger partial charge in [-0.25, -0.2) is 10.2 Å². The van der Waals surface area contributed by atoms with Crippen LogP contribution >= 0.6 is 23.2 Å². The first kappa shape index (κ1) is 27.4. The van der Waals surface area contributed by atoms with Gasteiger partial charge in [0.05, 0.1) is 23.9 Å². The molecule has 8 nitrogen and oxygen atoms in total. The molecular weight excluding hydrogens is 541 g/mol. The van der Waals surface area contributed by atoms with E-state index in [1.165, 1.54) is 30.5 Å². The maximum absolute atomic E-state index is 12.7. The summed E-state index contributed by atoms with van der Waals surface area (Å²) in [6, 6.07) is 24.2. The molecule has 4 rings (SSSR count). The van der Waals surface area contributed by atoms with Crippen molar-refractivity contribution in [2.45, 2.75) is 0 Å². The zero-order valence-electron chi connectivity index (χ0n) is 20.5. The summed E-state index contributed by atoms with van der Waals surface area (Å²) in [5, 5.41) is 7.29. The number of hydrogen-bond donors (Lipinski definition) is 2. The van der Waals surface area contributed by atoms with Crippen molar-refractivity contribution in [2.75, 3.05) is 12.4 Å². The number of ether oxygens (including phenoxy) is 2. The monoisotopic (exact) mass is 561 g/mol. The molecule has 2 N–H and O–H groups in total. The molecule has 0 saturated heterocycles. The zero-order chi connectivity index (χ0) is 27.8. The number of halogens is 2. The normalized spacial score (nSPS) is 10.6. The Bertz CT molecular complexity index is 1560. The average Bonchev–Trinajstić information content (AvgIpc) is 2.94. The van der Waals surface area contributed by atoms with Crippen molar-refractivity contribution in [3.8, 4) is 11.5 Å². The van der Waals surface area contributed by atoms with E-state index >= 15 is 0 Å². The number of para-hydroxylation sites is 1. The predicted molar refractivity (Wildman–Crippen MR) is 150 cm³/mol. The summed E-state index contributed by atoms with van der Waals surface area (Å²) in [4.78, 5) is 37.8. The summed E-state index contributed by atoms with van der Waals surface area (Å²) in [6.45, 7) is 0. The highest BCUT2D eigenvalue weighted by atomic mass is 35.5. The summed E-state index contributed by atoms with van der Waals surface area (Å²) in [7, 11) is 1.54. The second-order valence-electron chi connectivity index (χ2n) is 8.01. The lowest BCUT2D eigenvalue weighted by Crippen LogP contribution is -2.18. The number of benzene rings is 4. The first-order valence-corrected chi connectivity index (χ1v) is 12.2. The lowest BCUT2D eigenvalue weighted by Gasteiger charge is -2.09. The first-order valence-electron chi connectivity index (χ1n) is 11.5. The van der Waals surface area contributed by atoms with Crippen molar-refractivity contribution >= 4 is 52.9 Å². The van der Waals surface area contributed by atoms with Crippen LogP contribution < -0.4 is 20.2 Å². The van der Waals surface area contributed by atoms with Crippen molar-refractivity contribution in [2.24, 2.45) is 5.10 Å². The summed E-state index contributed by atoms with van der Waals surface area (Å²) in [6.07, 6.45) is 1.35. The quantitative estimate of drug-likeness (QED) is 0.115. The van der Waals surface area contributed by atoms with E-state index in [4.69, 9.17) is 32.7 Å². The van der Waals surface area contributed by atoms with Crippen LogP contribution in [0.2, 0.25) is 10.0 Å². The van der Waals surface area contributed by atoms with E-state index in [1.54, 1.807) is 73.8 Å². The van der Waals surface area contributed by atoms with Crippen LogP contribution in [0.4, 0.5) is 5.69 Å². The Labute approximate surface area is 234 Å². The SMILES string of the molecule is COc1ccc(C(=O)Nc2cccc(C(=O)NN=Cc3ccccc3OC(=O)c3ccc(Cl)cc3Cl)c2)cc1. The van der Waals surface area contributed by atoms with Crippen LogP contribution in [-0.2, 0) is 0 Å². The third-order valence-electron chi connectivity index (χ3n) is 5.38. The predicted octanol–water partition coefficient (Wildman–Crippen LogP) is 6.24. The standard InChI is InChI=1S/C29H21Cl2N3O5/c1-38-23-12-9-18(10-13-23)27(35)33-22-7-4-6-19(15-22)28(36)34-32-17-20-5-2-3-8-26(20)39-29(37)24-14-11-21(30)16-25(24)31/h2-17H,1H3,(H,33,35)(H,34,36). The maximum atomic E-state index is 12.7. The topological polar surface area (TPSA) is 106 Å². The summed E-state index contributed by atoms with van der Waals surface area (Å²) in [5.74, 6) is -0.657. The molecule has 0 heterocycles. The van der Waals surface area contributed by atoms with Crippen molar-refractivity contribution in [1.29, 1.82) is 0 Å². The van der Waals surface area contributed by atoms with Crippen LogP contribution in [-0.4, -0.2) is 31.1 Å². The molecule has 0 atom stereocenters. The van der Waals surface area contributed by atoms with E-state index in [0.29, 0.717) is 27.6 Å². The smallest absolute Gasteiger partial charge is 0.345 e. The molecule has 0 fully saturated rings. The molecule has 10 heteroatoms. The van der Waals surface area contributed by atoms with Crippen LogP contribution in [0.3, 0.4) is 0 Å². The van der Waals surface area contributed by atoms with Gasteiger partial charge in [-0.15, -0.1) is 0 Å². The van der Waals surface area contributed by atoms with Crippen molar-refractivity contribution in [3.63, 3.8) is 0 Å². The highest BCUT2D eigenvalue weighted by molar-refractivity contribution is 6.36. The molecule has 0 spiro atoms. The number of amides is 2. The van der Waals surface area contributed by atoms with E-state index in [1.807, 2.05) is 0 Å². The zero-order valence-corrected chi connectivity index (χ0v) is 22.0. The highest BCUT2D eigenvalue weighted by Gasteiger charge is 2.15. The number of hydrazone groups is 1. The minimum atomic E-state index is -0.671. The lowest BCUT2D eigenvalue weighted by atomic mass is 10.1. The average molecular weight is 562 g/mol. The fraction of sp³-hybridized carbons (Fsp3) is 0.0345. The van der Waals surface area contributed by atoms with Crippen LogP contribution in [0, 0.1) is 0 Å². The second-order valence-corrected chi connectivity index (χ2v) is 8.86. The molecule has 0 aromatic heterocycles. The molecule has 0 aliphatic carbocycles. The van der Waals surface area contributed by atoms with Crippen molar-refractivity contribution in [1.82, 2.24) is 5.43 Å². The van der Waals surface area contributed by atoms with Crippen LogP contribution in [0.1, 0.15) is 36.6 Å². The van der Waals surface area contributed by atoms with E-state index in [2.05, 4.69) is 15.8 Å². The molecule has 0 aliphatic heterocycles. The Morgan fingerprint density at radius 1 is 0.821 bits per heavy atom. The molecule has 0 unspecified atom stereocenters. The van der Waals surface area contributed by atoms with Gasteiger partial charge < -0.3 is 14.8 Å².